The lowest BCUT2D eigenvalue weighted by molar-refractivity contribution is 0.0507. The predicted octanol–water partition coefficient (Wildman–Crippen LogP) is 14.8. The molecule has 0 bridgehead atoms. The van der Waals surface area contributed by atoms with Crippen molar-refractivity contribution in [3.8, 4) is 17.1 Å². The maximum Gasteiger partial charge on any atom is 0.356 e. The van der Waals surface area contributed by atoms with E-state index in [0.29, 0.717) is 41.5 Å². The number of carbonyl (C=O) groups is 4. The van der Waals surface area contributed by atoms with Gasteiger partial charge in [-0.3, -0.25) is 18.5 Å². The minimum atomic E-state index is -1.36. The second-order valence-corrected chi connectivity index (χ2v) is 17.0. The van der Waals surface area contributed by atoms with Gasteiger partial charge in [-0.1, -0.05) is 44.9 Å². The molecule has 0 saturated carbocycles. The van der Waals surface area contributed by atoms with Gasteiger partial charge < -0.3 is 25.2 Å². The zero-order valence-corrected chi connectivity index (χ0v) is 47.4. The standard InChI is InChI=1S/C20H16F4N2O2.C18H13F4N3O2.C13H11FN2O3.C6H4F3N.CH3I.3CH4/c1-2-28-20(27)17-11-25-18(26(17)13-5-3-12(21)4-6-13)10-7-14-15(22)8-9-16(23)19(14)24;1-24(17-13(21)7-6-12(20)16(17)22)9-15-23-8-14(18(26)27)25(15)11-4-2-10(19)3-5-11;1-2-19-13(18)11-7-15-12(8-17)16(11)10-5-3-9(14)4-6-10;7-3-1-2-4(8)6(10)5(3)9;1-2;;;/h3-6,8-9,11H,2,7,10H2,1H3;2-8H,9H2,1H3,(H,26,27);3-8H,2H2,1H3;1-2H,10H2;1H3;3*1H4. The van der Waals surface area contributed by atoms with Crippen LogP contribution in [0.15, 0.2) is 128 Å². The molecule has 0 fully saturated rings. The van der Waals surface area contributed by atoms with Gasteiger partial charge in [-0.15, -0.1) is 0 Å². The fraction of sp³-hybridized carbons (Fsp3) is 0.197. The fourth-order valence-electron chi connectivity index (χ4n) is 7.72. The van der Waals surface area contributed by atoms with E-state index in [1.165, 1.54) is 93.8 Å². The Morgan fingerprint density at radius 3 is 1.36 bits per heavy atom. The number of benzene rings is 6. The van der Waals surface area contributed by atoms with Gasteiger partial charge in [0.2, 0.25) is 0 Å². The van der Waals surface area contributed by atoms with E-state index in [0.717, 1.165) is 41.4 Å². The molecule has 9 rings (SSSR count). The SMILES string of the molecule is C.C.C.CCOC(=O)c1cnc(C=O)n1-c1ccc(F)cc1.CCOC(=O)c1cnc(CCc2c(F)ccc(F)c2F)n1-c1ccc(F)cc1.CI.CN(Cc1ncc(C(=O)O)n1-c1ccc(F)cc1)c1c(F)ccc(F)c1F.Nc1c(F)ccc(F)c1F. The number of alkyl halides is 1. The van der Waals surface area contributed by atoms with Gasteiger partial charge in [-0.05, 0) is 134 Å². The third kappa shape index (κ3) is 19.0. The van der Waals surface area contributed by atoms with Crippen LogP contribution >= 0.6 is 22.6 Å². The molecule has 0 aliphatic heterocycles. The highest BCUT2D eigenvalue weighted by Gasteiger charge is 2.25. The number of hydrogen-bond donors (Lipinski definition) is 2. The number of nitrogens with two attached hydrogens (primary N) is 1. The van der Waals surface area contributed by atoms with Crippen molar-refractivity contribution in [2.45, 2.75) is 55.5 Å². The topological polar surface area (TPSA) is 190 Å². The van der Waals surface area contributed by atoms with Gasteiger partial charge >= 0.3 is 17.9 Å². The zero-order chi connectivity index (χ0) is 63.5. The Hall–Kier alpha value is -9.48. The molecule has 0 atom stereocenters. The number of nitrogen functional groups attached to an aromatic ring is 1. The molecule has 3 heterocycles. The Bertz CT molecular complexity index is 3790. The third-order valence-electron chi connectivity index (χ3n) is 11.6. The van der Waals surface area contributed by atoms with Crippen LogP contribution in [-0.2, 0) is 28.9 Å². The van der Waals surface area contributed by atoms with E-state index in [1.807, 2.05) is 4.93 Å². The molecule has 0 unspecified atom stereocenters. The number of aryl methyl sites for hydroxylation is 1. The molecule has 3 N–H and O–H groups in total. The van der Waals surface area contributed by atoms with Crippen molar-refractivity contribution < 1.29 is 86.4 Å². The first-order valence-electron chi connectivity index (χ1n) is 24.8. The minimum absolute atomic E-state index is 0. The van der Waals surface area contributed by atoms with E-state index in [2.05, 4.69) is 37.5 Å². The number of imidazole rings is 3. The van der Waals surface area contributed by atoms with Crippen LogP contribution in [0.3, 0.4) is 0 Å². The summed E-state index contributed by atoms with van der Waals surface area (Å²) in [4.78, 5) is 61.4. The van der Waals surface area contributed by atoms with E-state index in [9.17, 15) is 77.0 Å². The van der Waals surface area contributed by atoms with Crippen LogP contribution in [0.1, 0.15) is 95.4 Å². The second kappa shape index (κ2) is 35.4. The lowest BCUT2D eigenvalue weighted by Crippen LogP contribution is -2.23. The summed E-state index contributed by atoms with van der Waals surface area (Å²) in [5.74, 6) is -13.7. The third-order valence-corrected chi connectivity index (χ3v) is 11.6. The Kier molecular flexibility index (Phi) is 30.0. The monoisotopic (exact) mass is 1370 g/mol. The summed E-state index contributed by atoms with van der Waals surface area (Å²) >= 11 is 2.15. The van der Waals surface area contributed by atoms with Crippen molar-refractivity contribution in [1.82, 2.24) is 28.7 Å². The summed E-state index contributed by atoms with van der Waals surface area (Å²) in [6.07, 6.45) is 3.95. The van der Waals surface area contributed by atoms with Crippen molar-refractivity contribution in [1.29, 1.82) is 0 Å². The van der Waals surface area contributed by atoms with Crippen LogP contribution in [-0.4, -0.2) is 83.1 Å². The van der Waals surface area contributed by atoms with E-state index in [1.54, 1.807) is 13.8 Å². The van der Waals surface area contributed by atoms with Gasteiger partial charge in [0.1, 0.15) is 57.9 Å². The Labute approximate surface area is 517 Å². The summed E-state index contributed by atoms with van der Waals surface area (Å²) in [6.45, 7) is 3.44. The number of aldehydes is 1. The first-order chi connectivity index (χ1) is 41.0. The molecule has 6 aromatic carbocycles. The number of carboxylic acids is 1. The number of hydrogen-bond acceptors (Lipinski definition) is 11. The minimum Gasteiger partial charge on any atom is -0.477 e. The average molecular weight is 1370 g/mol. The van der Waals surface area contributed by atoms with Crippen molar-refractivity contribution in [2.24, 2.45) is 0 Å². The van der Waals surface area contributed by atoms with Gasteiger partial charge in [0.25, 0.3) is 0 Å². The molecule has 0 radical (unpaired) electrons. The molecule has 0 aliphatic carbocycles. The van der Waals surface area contributed by atoms with E-state index >= 15 is 0 Å². The van der Waals surface area contributed by atoms with Crippen LogP contribution in [0.2, 0.25) is 0 Å². The highest BCUT2D eigenvalue weighted by molar-refractivity contribution is 14.1. The van der Waals surface area contributed by atoms with E-state index < -0.39 is 105 Å². The lowest BCUT2D eigenvalue weighted by atomic mass is 10.1. The number of rotatable bonds is 15. The Balaban J connectivity index is 0.000000415. The molecule has 476 valence electrons. The van der Waals surface area contributed by atoms with Crippen molar-refractivity contribution in [2.75, 3.05) is 35.8 Å². The number of ether oxygens (including phenoxy) is 2. The molecule has 89 heavy (non-hydrogen) atoms. The molecule has 0 aliphatic rings. The van der Waals surface area contributed by atoms with Crippen LogP contribution in [0.5, 0.6) is 0 Å². The molecule has 28 heteroatoms. The summed E-state index contributed by atoms with van der Waals surface area (Å²) < 4.78 is 172. The van der Waals surface area contributed by atoms with Crippen molar-refractivity contribution in [3.05, 3.63) is 238 Å². The largest absolute Gasteiger partial charge is 0.477 e. The fourth-order valence-corrected chi connectivity index (χ4v) is 7.72. The summed E-state index contributed by atoms with van der Waals surface area (Å²) in [5, 5.41) is 9.35. The van der Waals surface area contributed by atoms with Crippen LogP contribution in [0, 0.1) is 69.8 Å². The zero-order valence-electron chi connectivity index (χ0n) is 45.3. The highest BCUT2D eigenvalue weighted by atomic mass is 127. The van der Waals surface area contributed by atoms with Gasteiger partial charge in [0, 0.05) is 36.1 Å². The first kappa shape index (κ1) is 75.6. The van der Waals surface area contributed by atoms with E-state index in [-0.39, 0.29) is 89.4 Å². The van der Waals surface area contributed by atoms with Gasteiger partial charge in [-0.2, -0.15) is 0 Å². The number of aromatic nitrogens is 6. The van der Waals surface area contributed by atoms with Crippen LogP contribution in [0.4, 0.5) is 64.1 Å². The number of carboxylic acid groups (broad SMARTS) is 1. The molecular formula is C61H59F12IN8O7. The second-order valence-electron chi connectivity index (χ2n) is 17.0. The van der Waals surface area contributed by atoms with Gasteiger partial charge in [0.05, 0.1) is 38.3 Å². The van der Waals surface area contributed by atoms with Crippen LogP contribution in [0.25, 0.3) is 17.1 Å². The molecule has 3 aromatic heterocycles. The van der Waals surface area contributed by atoms with Gasteiger partial charge in [-0.25, -0.2) is 82.0 Å². The quantitative estimate of drug-likeness (QED) is 0.0188. The van der Waals surface area contributed by atoms with Crippen molar-refractivity contribution in [3.63, 3.8) is 0 Å². The Morgan fingerprint density at radius 1 is 0.517 bits per heavy atom. The maximum atomic E-state index is 14.0. The first-order valence-corrected chi connectivity index (χ1v) is 26.9. The number of anilines is 2. The molecule has 9 aromatic rings. The number of carbonyl (C=O) groups excluding carboxylic acids is 3. The molecule has 0 saturated heterocycles. The number of halogens is 13. The lowest BCUT2D eigenvalue weighted by Gasteiger charge is -2.21. The highest BCUT2D eigenvalue weighted by Crippen LogP contribution is 2.28. The smallest absolute Gasteiger partial charge is 0.356 e. The number of esters is 2. The summed E-state index contributed by atoms with van der Waals surface area (Å²) in [7, 11) is 1.31. The normalized spacial score (nSPS) is 10.1. The average Bonchev–Trinajstić information content (AvgIpc) is 1.82. The number of aromatic carboxylic acids is 1. The predicted molar refractivity (Wildman–Crippen MR) is 318 cm³/mol. The molecule has 0 spiro atoms. The number of nitrogens with zero attached hydrogens (tertiary/aromatic N) is 7. The van der Waals surface area contributed by atoms with Crippen molar-refractivity contribution >= 4 is 58.2 Å². The van der Waals surface area contributed by atoms with Crippen LogP contribution < -0.4 is 10.6 Å². The Morgan fingerprint density at radius 2 is 0.899 bits per heavy atom. The van der Waals surface area contributed by atoms with Gasteiger partial charge in [0.15, 0.2) is 64.1 Å². The van der Waals surface area contributed by atoms with E-state index in [4.69, 9.17) is 15.2 Å². The molecule has 15 nitrogen and oxygen atoms in total. The summed E-state index contributed by atoms with van der Waals surface area (Å²) in [6, 6.07) is 20.1. The molecular weight excluding hydrogens is 1310 g/mol. The summed E-state index contributed by atoms with van der Waals surface area (Å²) in [5.41, 5.74) is 4.17. The maximum absolute atomic E-state index is 14.0. The molecule has 0 amide bonds.